The van der Waals surface area contributed by atoms with Crippen LogP contribution in [0.15, 0.2) is 47.2 Å². The Kier molecular flexibility index (Phi) is 3.07. The molecular weight excluding hydrogens is 278 g/mol. The van der Waals surface area contributed by atoms with Crippen molar-refractivity contribution in [2.24, 2.45) is 0 Å². The van der Waals surface area contributed by atoms with Gasteiger partial charge < -0.3 is 9.42 Å². The predicted octanol–water partition coefficient (Wildman–Crippen LogP) is 2.44. The maximum atomic E-state index is 5.40. The van der Waals surface area contributed by atoms with Crippen LogP contribution in [0, 0.1) is 6.92 Å². The second-order valence-corrected chi connectivity index (χ2v) is 5.48. The lowest BCUT2D eigenvalue weighted by atomic mass is 10.0. The van der Waals surface area contributed by atoms with Gasteiger partial charge >= 0.3 is 0 Å². The van der Waals surface area contributed by atoms with Crippen LogP contribution in [-0.4, -0.2) is 33.2 Å². The molecular formula is C16H15N5O. The van der Waals surface area contributed by atoms with Crippen LogP contribution in [0.1, 0.15) is 17.4 Å². The lowest BCUT2D eigenvalue weighted by Crippen LogP contribution is -2.46. The Morgan fingerprint density at radius 2 is 1.82 bits per heavy atom. The predicted molar refractivity (Wildman–Crippen MR) is 81.5 cm³/mol. The Bertz CT molecular complexity index is 763. The molecule has 3 heterocycles. The number of aryl methyl sites for hydroxylation is 1. The van der Waals surface area contributed by atoms with Gasteiger partial charge in [0.05, 0.1) is 5.92 Å². The number of hydrogen-bond acceptors (Lipinski definition) is 6. The Balaban J connectivity index is 1.45. The molecule has 3 aromatic rings. The first-order valence-corrected chi connectivity index (χ1v) is 7.22. The summed E-state index contributed by atoms with van der Waals surface area (Å²) < 4.78 is 5.40. The van der Waals surface area contributed by atoms with Gasteiger partial charge in [-0.25, -0.2) is 9.97 Å². The quantitative estimate of drug-likeness (QED) is 0.739. The Morgan fingerprint density at radius 3 is 2.55 bits per heavy atom. The average Bonchev–Trinajstić information content (AvgIpc) is 2.98. The van der Waals surface area contributed by atoms with E-state index in [-0.39, 0.29) is 5.92 Å². The van der Waals surface area contributed by atoms with Crippen molar-refractivity contribution in [1.82, 2.24) is 20.1 Å². The molecule has 2 aromatic heterocycles. The van der Waals surface area contributed by atoms with Crippen molar-refractivity contribution in [3.63, 3.8) is 0 Å². The first-order chi connectivity index (χ1) is 10.8. The van der Waals surface area contributed by atoms with Gasteiger partial charge in [0, 0.05) is 31.0 Å². The van der Waals surface area contributed by atoms with Crippen LogP contribution < -0.4 is 4.90 Å². The highest BCUT2D eigenvalue weighted by atomic mass is 16.5. The van der Waals surface area contributed by atoms with Crippen LogP contribution >= 0.6 is 0 Å². The molecule has 0 unspecified atom stereocenters. The van der Waals surface area contributed by atoms with E-state index in [1.165, 1.54) is 0 Å². The van der Waals surface area contributed by atoms with Gasteiger partial charge in [0.25, 0.3) is 0 Å². The molecule has 6 nitrogen and oxygen atoms in total. The number of rotatable bonds is 3. The molecule has 1 aliphatic rings. The number of benzene rings is 1. The van der Waals surface area contributed by atoms with Crippen LogP contribution in [0.25, 0.3) is 11.4 Å². The maximum absolute atomic E-state index is 5.40. The van der Waals surface area contributed by atoms with Gasteiger partial charge in [-0.2, -0.15) is 4.98 Å². The van der Waals surface area contributed by atoms with Crippen LogP contribution in [0.2, 0.25) is 0 Å². The van der Waals surface area contributed by atoms with Crippen molar-refractivity contribution in [1.29, 1.82) is 0 Å². The summed E-state index contributed by atoms with van der Waals surface area (Å²) in [4.78, 5) is 15.3. The fraction of sp³-hybridized carbons (Fsp3) is 0.250. The third kappa shape index (κ3) is 2.32. The minimum atomic E-state index is 0.245. The van der Waals surface area contributed by atoms with Gasteiger partial charge in [0.1, 0.15) is 0 Å². The number of nitrogens with zero attached hydrogens (tertiary/aromatic N) is 5. The standard InChI is InChI=1S/C16H15N5O/c1-11-7-17-16(18-8-11)21-9-13(10-21)15-19-14(20-22-15)12-5-3-2-4-6-12/h2-8,13H,9-10H2,1H3. The molecule has 0 N–H and O–H groups in total. The van der Waals surface area contributed by atoms with E-state index in [1.54, 1.807) is 0 Å². The van der Waals surface area contributed by atoms with Crippen LogP contribution in [0.5, 0.6) is 0 Å². The third-order valence-corrected chi connectivity index (χ3v) is 3.75. The van der Waals surface area contributed by atoms with E-state index in [9.17, 15) is 0 Å². The molecule has 1 saturated heterocycles. The summed E-state index contributed by atoms with van der Waals surface area (Å²) in [7, 11) is 0. The minimum absolute atomic E-state index is 0.245. The molecule has 0 radical (unpaired) electrons. The van der Waals surface area contributed by atoms with Gasteiger partial charge in [-0.05, 0) is 12.5 Å². The maximum Gasteiger partial charge on any atom is 0.233 e. The fourth-order valence-corrected chi connectivity index (χ4v) is 2.45. The molecule has 0 amide bonds. The molecule has 0 aliphatic carbocycles. The Hall–Kier alpha value is -2.76. The average molecular weight is 293 g/mol. The van der Waals surface area contributed by atoms with Crippen molar-refractivity contribution in [3.8, 4) is 11.4 Å². The largest absolute Gasteiger partial charge is 0.339 e. The summed E-state index contributed by atoms with van der Waals surface area (Å²) in [5, 5.41) is 4.06. The van der Waals surface area contributed by atoms with Crippen molar-refractivity contribution >= 4 is 5.95 Å². The van der Waals surface area contributed by atoms with Crippen LogP contribution in [-0.2, 0) is 0 Å². The van der Waals surface area contributed by atoms with E-state index in [2.05, 4.69) is 25.0 Å². The zero-order chi connectivity index (χ0) is 14.9. The normalized spacial score (nSPS) is 14.9. The summed E-state index contributed by atoms with van der Waals surface area (Å²) in [6.07, 6.45) is 3.66. The Morgan fingerprint density at radius 1 is 1.09 bits per heavy atom. The van der Waals surface area contributed by atoms with Crippen LogP contribution in [0.4, 0.5) is 5.95 Å². The van der Waals surface area contributed by atoms with Crippen molar-refractivity contribution in [2.45, 2.75) is 12.8 Å². The molecule has 4 rings (SSSR count). The SMILES string of the molecule is Cc1cnc(N2CC(c3nc(-c4ccccc4)no3)C2)nc1. The van der Waals surface area contributed by atoms with Crippen LogP contribution in [0.3, 0.4) is 0 Å². The summed E-state index contributed by atoms with van der Waals surface area (Å²) in [6.45, 7) is 3.59. The van der Waals surface area contributed by atoms with Gasteiger partial charge in [-0.15, -0.1) is 0 Å². The summed E-state index contributed by atoms with van der Waals surface area (Å²) >= 11 is 0. The lowest BCUT2D eigenvalue weighted by Gasteiger charge is -2.36. The summed E-state index contributed by atoms with van der Waals surface area (Å²) in [6, 6.07) is 9.84. The summed E-state index contributed by atoms with van der Waals surface area (Å²) in [5.74, 6) is 2.32. The molecule has 1 aromatic carbocycles. The second-order valence-electron chi connectivity index (χ2n) is 5.48. The lowest BCUT2D eigenvalue weighted by molar-refractivity contribution is 0.327. The molecule has 1 aliphatic heterocycles. The molecule has 0 spiro atoms. The van der Waals surface area contributed by atoms with Gasteiger partial charge in [0.15, 0.2) is 0 Å². The zero-order valence-electron chi connectivity index (χ0n) is 12.2. The molecule has 0 bridgehead atoms. The van der Waals surface area contributed by atoms with E-state index >= 15 is 0 Å². The first kappa shape index (κ1) is 12.9. The number of aromatic nitrogens is 4. The Labute approximate surface area is 127 Å². The zero-order valence-corrected chi connectivity index (χ0v) is 12.2. The van der Waals surface area contributed by atoms with E-state index in [0.717, 1.165) is 30.2 Å². The smallest absolute Gasteiger partial charge is 0.233 e. The van der Waals surface area contributed by atoms with E-state index in [4.69, 9.17) is 4.52 Å². The molecule has 22 heavy (non-hydrogen) atoms. The molecule has 0 saturated carbocycles. The van der Waals surface area contributed by atoms with Gasteiger partial charge in [-0.3, -0.25) is 0 Å². The highest BCUT2D eigenvalue weighted by molar-refractivity contribution is 5.53. The molecule has 110 valence electrons. The fourth-order valence-electron chi connectivity index (χ4n) is 2.45. The second kappa shape index (κ2) is 5.22. The minimum Gasteiger partial charge on any atom is -0.339 e. The molecule has 1 fully saturated rings. The van der Waals surface area contributed by atoms with Crippen molar-refractivity contribution < 1.29 is 4.52 Å². The number of hydrogen-bond donors (Lipinski definition) is 0. The molecule has 6 heteroatoms. The van der Waals surface area contributed by atoms with E-state index in [1.807, 2.05) is 49.6 Å². The molecule has 0 atom stereocenters. The first-order valence-electron chi connectivity index (χ1n) is 7.22. The van der Waals surface area contributed by atoms with E-state index in [0.29, 0.717) is 11.7 Å². The van der Waals surface area contributed by atoms with Gasteiger partial charge in [-0.1, -0.05) is 35.5 Å². The van der Waals surface area contributed by atoms with Gasteiger partial charge in [0.2, 0.25) is 17.7 Å². The monoisotopic (exact) mass is 293 g/mol. The highest BCUT2D eigenvalue weighted by Gasteiger charge is 2.34. The summed E-state index contributed by atoms with van der Waals surface area (Å²) in [5.41, 5.74) is 2.03. The third-order valence-electron chi connectivity index (χ3n) is 3.75. The van der Waals surface area contributed by atoms with Crippen molar-refractivity contribution in [2.75, 3.05) is 18.0 Å². The van der Waals surface area contributed by atoms with Crippen molar-refractivity contribution in [3.05, 3.63) is 54.2 Å². The number of anilines is 1. The van der Waals surface area contributed by atoms with E-state index < -0.39 is 0 Å². The topological polar surface area (TPSA) is 67.9 Å². The highest BCUT2D eigenvalue weighted by Crippen LogP contribution is 2.29.